The van der Waals surface area contributed by atoms with Gasteiger partial charge in [0.25, 0.3) is 17.7 Å². The average Bonchev–Trinajstić information content (AvgIpc) is 2.95. The molecule has 0 fully saturated rings. The summed E-state index contributed by atoms with van der Waals surface area (Å²) in [6.45, 7) is 9.74. The third-order valence-corrected chi connectivity index (χ3v) is 5.37. The molecule has 3 rings (SSSR count). The summed E-state index contributed by atoms with van der Waals surface area (Å²) in [5, 5.41) is 0. The number of nitrogens with zero attached hydrogens (tertiary/aromatic N) is 2. The molecule has 2 aromatic rings. The SMILES string of the molecule is CC(C)N1C(=O)c2cc(C=O)c(C(=O)N(C)c3cccc(C(C)(C)C)c3)cc2C1=O. The van der Waals surface area contributed by atoms with Gasteiger partial charge in [-0.2, -0.15) is 0 Å². The van der Waals surface area contributed by atoms with Crippen molar-refractivity contribution in [2.24, 2.45) is 0 Å². The Hall–Kier alpha value is -3.28. The quantitative estimate of drug-likeness (QED) is 0.566. The van der Waals surface area contributed by atoms with E-state index >= 15 is 0 Å². The van der Waals surface area contributed by atoms with Gasteiger partial charge >= 0.3 is 0 Å². The predicted molar refractivity (Wildman–Crippen MR) is 115 cm³/mol. The van der Waals surface area contributed by atoms with Gasteiger partial charge in [-0.3, -0.25) is 24.1 Å². The molecular weight excluding hydrogens is 380 g/mol. The Kier molecular flexibility index (Phi) is 5.37. The van der Waals surface area contributed by atoms with E-state index in [0.717, 1.165) is 10.5 Å². The number of hydrogen-bond donors (Lipinski definition) is 0. The van der Waals surface area contributed by atoms with Crippen molar-refractivity contribution in [3.63, 3.8) is 0 Å². The molecule has 0 saturated heterocycles. The van der Waals surface area contributed by atoms with Gasteiger partial charge in [-0.25, -0.2) is 0 Å². The van der Waals surface area contributed by atoms with Crippen LogP contribution in [0.15, 0.2) is 36.4 Å². The van der Waals surface area contributed by atoms with Gasteiger partial charge in [0.1, 0.15) is 0 Å². The van der Waals surface area contributed by atoms with Gasteiger partial charge in [-0.05, 0) is 49.1 Å². The highest BCUT2D eigenvalue weighted by molar-refractivity contribution is 6.23. The molecule has 0 bridgehead atoms. The van der Waals surface area contributed by atoms with Crippen LogP contribution in [0.5, 0.6) is 0 Å². The third-order valence-electron chi connectivity index (χ3n) is 5.37. The molecule has 0 aromatic heterocycles. The average molecular weight is 406 g/mol. The predicted octanol–water partition coefficient (Wildman–Crippen LogP) is 4.08. The highest BCUT2D eigenvalue weighted by Gasteiger charge is 2.38. The number of amides is 3. The largest absolute Gasteiger partial charge is 0.311 e. The molecule has 0 spiro atoms. The molecule has 1 heterocycles. The van der Waals surface area contributed by atoms with Crippen LogP contribution in [0.25, 0.3) is 0 Å². The van der Waals surface area contributed by atoms with Crippen LogP contribution in [0.3, 0.4) is 0 Å². The van der Waals surface area contributed by atoms with E-state index in [9.17, 15) is 19.2 Å². The van der Waals surface area contributed by atoms with Crippen LogP contribution in [0.1, 0.15) is 81.6 Å². The van der Waals surface area contributed by atoms with Gasteiger partial charge in [0, 0.05) is 24.3 Å². The van der Waals surface area contributed by atoms with Crippen LogP contribution in [0.4, 0.5) is 5.69 Å². The van der Waals surface area contributed by atoms with Crippen molar-refractivity contribution in [2.45, 2.75) is 46.1 Å². The Labute approximate surface area is 176 Å². The topological polar surface area (TPSA) is 74.8 Å². The molecule has 6 heteroatoms. The molecular formula is C24H26N2O4. The Bertz CT molecular complexity index is 1060. The number of aldehydes is 1. The van der Waals surface area contributed by atoms with Gasteiger partial charge in [-0.1, -0.05) is 32.9 Å². The van der Waals surface area contributed by atoms with E-state index in [4.69, 9.17) is 0 Å². The molecule has 0 N–H and O–H groups in total. The molecule has 0 aliphatic carbocycles. The minimum absolute atomic E-state index is 0.0873. The maximum atomic E-state index is 13.2. The zero-order valence-electron chi connectivity index (χ0n) is 18.1. The monoisotopic (exact) mass is 406 g/mol. The first-order chi connectivity index (χ1) is 14.0. The van der Waals surface area contributed by atoms with Crippen molar-refractivity contribution >= 4 is 29.7 Å². The summed E-state index contributed by atoms with van der Waals surface area (Å²) < 4.78 is 0. The Morgan fingerprint density at radius 2 is 1.63 bits per heavy atom. The molecule has 156 valence electrons. The van der Waals surface area contributed by atoms with E-state index in [2.05, 4.69) is 20.8 Å². The van der Waals surface area contributed by atoms with Gasteiger partial charge in [0.2, 0.25) is 0 Å². The maximum absolute atomic E-state index is 13.2. The van der Waals surface area contributed by atoms with Crippen LogP contribution >= 0.6 is 0 Å². The second-order valence-electron chi connectivity index (χ2n) is 8.84. The molecule has 3 amide bonds. The first-order valence-corrected chi connectivity index (χ1v) is 9.87. The molecule has 0 unspecified atom stereocenters. The fraction of sp³-hybridized carbons (Fsp3) is 0.333. The van der Waals surface area contributed by atoms with E-state index in [-0.39, 0.29) is 33.7 Å². The van der Waals surface area contributed by atoms with Crippen LogP contribution in [0.2, 0.25) is 0 Å². The fourth-order valence-electron chi connectivity index (χ4n) is 3.55. The fourth-order valence-corrected chi connectivity index (χ4v) is 3.55. The summed E-state index contributed by atoms with van der Waals surface area (Å²) in [4.78, 5) is 52.8. The van der Waals surface area contributed by atoms with Crippen molar-refractivity contribution in [3.8, 4) is 0 Å². The number of benzene rings is 2. The minimum atomic E-state index is -0.450. The number of rotatable bonds is 4. The smallest absolute Gasteiger partial charge is 0.261 e. The molecule has 30 heavy (non-hydrogen) atoms. The number of hydrogen-bond acceptors (Lipinski definition) is 4. The highest BCUT2D eigenvalue weighted by Crippen LogP contribution is 2.30. The molecule has 1 aliphatic heterocycles. The summed E-state index contributed by atoms with van der Waals surface area (Å²) in [5.41, 5.74) is 2.15. The van der Waals surface area contributed by atoms with Gasteiger partial charge in [-0.15, -0.1) is 0 Å². The molecule has 0 radical (unpaired) electrons. The molecule has 2 aromatic carbocycles. The van der Waals surface area contributed by atoms with Gasteiger partial charge in [0.15, 0.2) is 6.29 Å². The van der Waals surface area contributed by atoms with Crippen molar-refractivity contribution in [2.75, 3.05) is 11.9 Å². The van der Waals surface area contributed by atoms with Gasteiger partial charge in [0.05, 0.1) is 16.7 Å². The van der Waals surface area contributed by atoms with E-state index in [0.29, 0.717) is 12.0 Å². The zero-order chi connectivity index (χ0) is 22.4. The molecule has 1 aliphatic rings. The highest BCUT2D eigenvalue weighted by atomic mass is 16.2. The van der Waals surface area contributed by atoms with Crippen molar-refractivity contribution in [1.82, 2.24) is 4.90 Å². The number of fused-ring (bicyclic) bond motifs is 1. The van der Waals surface area contributed by atoms with Crippen molar-refractivity contribution in [1.29, 1.82) is 0 Å². The molecule has 6 nitrogen and oxygen atoms in total. The van der Waals surface area contributed by atoms with Crippen LogP contribution < -0.4 is 4.90 Å². The number of carbonyl (C=O) groups excluding carboxylic acids is 4. The minimum Gasteiger partial charge on any atom is -0.311 e. The van der Waals surface area contributed by atoms with Crippen LogP contribution in [-0.2, 0) is 5.41 Å². The summed E-state index contributed by atoms with van der Waals surface area (Å²) >= 11 is 0. The van der Waals surface area contributed by atoms with E-state index in [1.165, 1.54) is 17.0 Å². The van der Waals surface area contributed by atoms with E-state index in [1.54, 1.807) is 20.9 Å². The second kappa shape index (κ2) is 7.52. The van der Waals surface area contributed by atoms with E-state index < -0.39 is 17.7 Å². The lowest BCUT2D eigenvalue weighted by Crippen LogP contribution is -2.35. The lowest BCUT2D eigenvalue weighted by Gasteiger charge is -2.23. The summed E-state index contributed by atoms with van der Waals surface area (Å²) in [5.74, 6) is -1.32. The summed E-state index contributed by atoms with van der Waals surface area (Å²) in [6.07, 6.45) is 0.544. The first kappa shape index (κ1) is 21.4. The van der Waals surface area contributed by atoms with Crippen LogP contribution in [-0.4, -0.2) is 42.0 Å². The number of anilines is 1. The lowest BCUT2D eigenvalue weighted by molar-refractivity contribution is 0.0608. The molecule has 0 saturated carbocycles. The molecule has 0 atom stereocenters. The lowest BCUT2D eigenvalue weighted by atomic mass is 9.87. The van der Waals surface area contributed by atoms with Crippen LogP contribution in [0, 0.1) is 0 Å². The zero-order valence-corrected chi connectivity index (χ0v) is 18.1. The maximum Gasteiger partial charge on any atom is 0.261 e. The number of carbonyl (C=O) groups is 4. The third kappa shape index (κ3) is 3.54. The summed E-state index contributed by atoms with van der Waals surface area (Å²) in [6, 6.07) is 10.0. The van der Waals surface area contributed by atoms with E-state index in [1.807, 2.05) is 24.3 Å². The second-order valence-corrected chi connectivity index (χ2v) is 8.84. The Morgan fingerprint density at radius 3 is 2.17 bits per heavy atom. The summed E-state index contributed by atoms with van der Waals surface area (Å²) in [7, 11) is 1.62. The number of imide groups is 1. The van der Waals surface area contributed by atoms with Crippen molar-refractivity contribution < 1.29 is 19.2 Å². The van der Waals surface area contributed by atoms with Crippen molar-refractivity contribution in [3.05, 3.63) is 64.2 Å². The normalized spacial score (nSPS) is 13.6. The Morgan fingerprint density at radius 1 is 1.03 bits per heavy atom. The van der Waals surface area contributed by atoms with Gasteiger partial charge < -0.3 is 4.90 Å². The standard InChI is InChI=1S/C24H26N2O4/c1-14(2)26-22(29)19-10-15(13-27)18(12-20(19)23(26)30)21(28)25(6)17-9-7-8-16(11-17)24(3,4)5/h7-14H,1-6H3. The Balaban J connectivity index is 2.05. The first-order valence-electron chi connectivity index (χ1n) is 9.87.